The minimum absolute atomic E-state index is 0.143. The van der Waals surface area contributed by atoms with E-state index in [4.69, 9.17) is 9.47 Å². The predicted molar refractivity (Wildman–Crippen MR) is 132 cm³/mol. The summed E-state index contributed by atoms with van der Waals surface area (Å²) < 4.78 is 68.5. The lowest BCUT2D eigenvalue weighted by atomic mass is 10.0. The third-order valence-corrected chi connectivity index (χ3v) is 6.76. The van der Waals surface area contributed by atoms with Gasteiger partial charge in [0.1, 0.15) is 17.1 Å². The molecule has 0 amide bonds. The van der Waals surface area contributed by atoms with Crippen LogP contribution in [0.1, 0.15) is 6.92 Å². The number of methoxy groups -OCH3 is 1. The Morgan fingerprint density at radius 2 is 1.81 bits per heavy atom. The first-order chi connectivity index (χ1) is 17.1. The van der Waals surface area contributed by atoms with Gasteiger partial charge in [-0.05, 0) is 37.3 Å². The minimum Gasteiger partial charge on any atom is -0.454 e. The summed E-state index contributed by atoms with van der Waals surface area (Å²) in [6.07, 6.45) is 3.14. The summed E-state index contributed by atoms with van der Waals surface area (Å²) in [6, 6.07) is 7.34. The molecule has 0 saturated carbocycles. The van der Waals surface area contributed by atoms with Crippen molar-refractivity contribution >= 4 is 26.6 Å². The standard InChI is InChI=1S/C24H24F2N4O5S/c1-4-36(32,33)28-16-6-8-21(35-22-7-5-15(25)11-20(22)26)17(12-16)18-13-29(2)24(31)19-14-30(9-10-34-3)27-23(18)19/h5-8,11-14,28H,4,9-10H2,1-3H3. The van der Waals surface area contributed by atoms with Gasteiger partial charge >= 0.3 is 0 Å². The van der Waals surface area contributed by atoms with Gasteiger partial charge in [-0.25, -0.2) is 17.2 Å². The van der Waals surface area contributed by atoms with E-state index in [1.54, 1.807) is 31.2 Å². The van der Waals surface area contributed by atoms with Gasteiger partial charge in [0.2, 0.25) is 10.0 Å². The summed E-state index contributed by atoms with van der Waals surface area (Å²) in [5.74, 6) is -1.90. The Bertz CT molecular complexity index is 1600. The van der Waals surface area contributed by atoms with Gasteiger partial charge in [-0.15, -0.1) is 0 Å². The number of nitrogens with one attached hydrogen (secondary N) is 1. The molecule has 0 atom stereocenters. The van der Waals surface area contributed by atoms with E-state index < -0.39 is 21.7 Å². The summed E-state index contributed by atoms with van der Waals surface area (Å²) >= 11 is 0. The number of fused-ring (bicyclic) bond motifs is 1. The average molecular weight is 519 g/mol. The van der Waals surface area contributed by atoms with Crippen LogP contribution in [0.2, 0.25) is 0 Å². The molecule has 0 spiro atoms. The molecule has 36 heavy (non-hydrogen) atoms. The third-order valence-electron chi connectivity index (χ3n) is 5.45. The lowest BCUT2D eigenvalue weighted by Crippen LogP contribution is -2.16. The zero-order chi connectivity index (χ0) is 26.0. The largest absolute Gasteiger partial charge is 0.454 e. The predicted octanol–water partition coefficient (Wildman–Crippen LogP) is 3.88. The molecule has 2 aromatic carbocycles. The fourth-order valence-corrected chi connectivity index (χ4v) is 4.23. The molecule has 0 aliphatic carbocycles. The molecule has 0 radical (unpaired) electrons. The fourth-order valence-electron chi connectivity index (χ4n) is 3.60. The molecule has 12 heteroatoms. The molecule has 190 valence electrons. The van der Waals surface area contributed by atoms with Crippen LogP contribution in [0, 0.1) is 11.6 Å². The molecular weight excluding hydrogens is 494 g/mol. The Morgan fingerprint density at radius 1 is 1.06 bits per heavy atom. The Labute approximate surface area is 205 Å². The maximum Gasteiger partial charge on any atom is 0.261 e. The number of pyridine rings is 1. The number of nitrogens with zero attached hydrogens (tertiary/aromatic N) is 3. The van der Waals surface area contributed by atoms with Crippen LogP contribution in [0.25, 0.3) is 22.0 Å². The Kier molecular flexibility index (Phi) is 7.09. The lowest BCUT2D eigenvalue weighted by Gasteiger charge is -2.15. The molecular formula is C24H24F2N4O5S. The lowest BCUT2D eigenvalue weighted by molar-refractivity contribution is 0.184. The highest BCUT2D eigenvalue weighted by Crippen LogP contribution is 2.38. The van der Waals surface area contributed by atoms with Gasteiger partial charge in [-0.2, -0.15) is 5.10 Å². The van der Waals surface area contributed by atoms with Gasteiger partial charge in [-0.1, -0.05) is 0 Å². The third kappa shape index (κ3) is 5.24. The van der Waals surface area contributed by atoms with E-state index in [1.165, 1.54) is 29.7 Å². The van der Waals surface area contributed by atoms with Gasteiger partial charge in [-0.3, -0.25) is 14.2 Å². The molecule has 4 rings (SSSR count). The van der Waals surface area contributed by atoms with Crippen molar-refractivity contribution in [1.29, 1.82) is 0 Å². The van der Waals surface area contributed by atoms with Gasteiger partial charge < -0.3 is 14.0 Å². The molecule has 2 heterocycles. The molecule has 1 N–H and O–H groups in total. The zero-order valence-electron chi connectivity index (χ0n) is 19.8. The van der Waals surface area contributed by atoms with E-state index in [1.807, 2.05) is 0 Å². The molecule has 0 aliphatic rings. The van der Waals surface area contributed by atoms with E-state index in [0.29, 0.717) is 41.2 Å². The number of ether oxygens (including phenoxy) is 2. The van der Waals surface area contributed by atoms with Gasteiger partial charge in [0.25, 0.3) is 5.56 Å². The van der Waals surface area contributed by atoms with E-state index in [0.717, 1.165) is 12.1 Å². The Morgan fingerprint density at radius 3 is 2.50 bits per heavy atom. The van der Waals surface area contributed by atoms with E-state index in [9.17, 15) is 22.0 Å². The van der Waals surface area contributed by atoms with Crippen molar-refractivity contribution in [2.75, 3.05) is 24.2 Å². The van der Waals surface area contributed by atoms with Crippen molar-refractivity contribution in [1.82, 2.24) is 14.3 Å². The van der Waals surface area contributed by atoms with Crippen molar-refractivity contribution < 1.29 is 26.7 Å². The maximum atomic E-state index is 14.4. The van der Waals surface area contributed by atoms with Crippen LogP contribution >= 0.6 is 0 Å². The molecule has 0 fully saturated rings. The second-order valence-electron chi connectivity index (χ2n) is 8.00. The topological polar surface area (TPSA) is 104 Å². The van der Waals surface area contributed by atoms with Crippen molar-refractivity contribution in [3.8, 4) is 22.6 Å². The van der Waals surface area contributed by atoms with Crippen LogP contribution in [0.3, 0.4) is 0 Å². The highest BCUT2D eigenvalue weighted by Gasteiger charge is 2.20. The van der Waals surface area contributed by atoms with Crippen molar-refractivity contribution in [3.05, 3.63) is 70.8 Å². The van der Waals surface area contributed by atoms with E-state index >= 15 is 0 Å². The summed E-state index contributed by atoms with van der Waals surface area (Å²) in [5.41, 5.74) is 1.08. The number of sulfonamides is 1. The molecule has 0 saturated heterocycles. The molecule has 0 unspecified atom stereocenters. The Hall–Kier alpha value is -3.77. The first-order valence-electron chi connectivity index (χ1n) is 11.0. The number of benzene rings is 2. The smallest absolute Gasteiger partial charge is 0.261 e. The van der Waals surface area contributed by atoms with Crippen LogP contribution < -0.4 is 15.0 Å². The van der Waals surface area contributed by atoms with Gasteiger partial charge in [0, 0.05) is 49.4 Å². The van der Waals surface area contributed by atoms with Crippen molar-refractivity contribution in [3.63, 3.8) is 0 Å². The second kappa shape index (κ2) is 10.1. The minimum atomic E-state index is -3.60. The number of halogens is 2. The maximum absolute atomic E-state index is 14.4. The zero-order valence-corrected chi connectivity index (χ0v) is 20.6. The first-order valence-corrected chi connectivity index (χ1v) is 12.6. The summed E-state index contributed by atoms with van der Waals surface area (Å²) in [7, 11) is -0.478. The van der Waals surface area contributed by atoms with Crippen LogP contribution in [0.15, 0.2) is 53.6 Å². The molecule has 0 aliphatic heterocycles. The molecule has 9 nitrogen and oxygen atoms in total. The highest BCUT2D eigenvalue weighted by atomic mass is 32.2. The molecule has 4 aromatic rings. The summed E-state index contributed by atoms with van der Waals surface area (Å²) in [6.45, 7) is 2.27. The van der Waals surface area contributed by atoms with E-state index in [2.05, 4.69) is 9.82 Å². The van der Waals surface area contributed by atoms with Crippen molar-refractivity contribution in [2.24, 2.45) is 7.05 Å². The van der Waals surface area contributed by atoms with Crippen molar-refractivity contribution in [2.45, 2.75) is 13.5 Å². The highest BCUT2D eigenvalue weighted by molar-refractivity contribution is 7.92. The van der Waals surface area contributed by atoms with Gasteiger partial charge in [0.05, 0.1) is 24.3 Å². The number of hydrogen-bond donors (Lipinski definition) is 1. The van der Waals surface area contributed by atoms with E-state index in [-0.39, 0.29) is 28.5 Å². The van der Waals surface area contributed by atoms with Crippen LogP contribution in [0.4, 0.5) is 14.5 Å². The SMILES string of the molecule is CCS(=O)(=O)Nc1ccc(Oc2ccc(F)cc2F)c(-c2cn(C)c(=O)c3cn(CCOC)nc23)c1. The second-order valence-corrected chi connectivity index (χ2v) is 10.0. The number of aromatic nitrogens is 3. The number of hydrogen-bond acceptors (Lipinski definition) is 6. The molecule has 2 aromatic heterocycles. The summed E-state index contributed by atoms with van der Waals surface area (Å²) in [5, 5.41) is 4.86. The van der Waals surface area contributed by atoms with Crippen LogP contribution in [-0.4, -0.2) is 42.2 Å². The van der Waals surface area contributed by atoms with Gasteiger partial charge in [0.15, 0.2) is 11.6 Å². The quantitative estimate of drug-likeness (QED) is 0.361. The van der Waals surface area contributed by atoms with Crippen LogP contribution in [0.5, 0.6) is 11.5 Å². The first kappa shape index (κ1) is 25.3. The number of rotatable bonds is 9. The van der Waals surface area contributed by atoms with Crippen LogP contribution in [-0.2, 0) is 28.4 Å². The summed E-state index contributed by atoms with van der Waals surface area (Å²) in [4.78, 5) is 12.8. The number of anilines is 1. The Balaban J connectivity index is 1.93. The monoisotopic (exact) mass is 518 g/mol. The molecule has 0 bridgehead atoms. The fraction of sp³-hybridized carbons (Fsp3) is 0.250. The normalized spacial score (nSPS) is 11.7. The average Bonchev–Trinajstić information content (AvgIpc) is 3.27. The number of aryl methyl sites for hydroxylation is 1.